The Labute approximate surface area is 146 Å². The second-order valence-corrected chi connectivity index (χ2v) is 6.19. The maximum absolute atomic E-state index is 10.7. The fourth-order valence-electron chi connectivity index (χ4n) is 2.34. The van der Waals surface area contributed by atoms with Crippen LogP contribution in [-0.2, 0) is 0 Å². The van der Waals surface area contributed by atoms with Crippen LogP contribution in [0.1, 0.15) is 10.6 Å². The molecule has 7 nitrogen and oxygen atoms in total. The molecule has 4 rings (SSSR count). The van der Waals surface area contributed by atoms with Crippen molar-refractivity contribution < 1.29 is 4.92 Å². The molecule has 0 spiro atoms. The van der Waals surface area contributed by atoms with E-state index in [0.29, 0.717) is 10.8 Å². The van der Waals surface area contributed by atoms with Gasteiger partial charge in [0, 0.05) is 17.7 Å². The summed E-state index contributed by atoms with van der Waals surface area (Å²) < 4.78 is 1.72. The summed E-state index contributed by atoms with van der Waals surface area (Å²) in [5, 5.41) is 24.3. The molecule has 0 unspecified atom stereocenters. The van der Waals surface area contributed by atoms with Gasteiger partial charge in [0.25, 0.3) is 5.69 Å². The normalized spacial score (nSPS) is 11.4. The fraction of sp³-hybridized carbons (Fsp3) is 0. The highest BCUT2D eigenvalue weighted by Gasteiger charge is 2.11. The SMILES string of the molecule is O=[N+]([O-])c1ccc(/C=C/c2nn3c(-c4ccccc4)nnc3s2)cc1. The van der Waals surface area contributed by atoms with Crippen LogP contribution < -0.4 is 0 Å². The Morgan fingerprint density at radius 1 is 1.00 bits per heavy atom. The van der Waals surface area contributed by atoms with E-state index in [1.165, 1.54) is 23.5 Å². The first-order valence-electron chi connectivity index (χ1n) is 7.41. The molecular formula is C17H11N5O2S. The van der Waals surface area contributed by atoms with E-state index < -0.39 is 4.92 Å². The van der Waals surface area contributed by atoms with E-state index in [2.05, 4.69) is 15.3 Å². The molecule has 0 fully saturated rings. The molecule has 0 aliphatic rings. The predicted octanol–water partition coefficient (Wildman–Crippen LogP) is 3.93. The lowest BCUT2D eigenvalue weighted by atomic mass is 10.2. The Balaban J connectivity index is 1.62. The third kappa shape index (κ3) is 3.02. The standard InChI is InChI=1S/C17H11N5O2S/c23-22(24)14-9-6-12(7-10-14)8-11-15-20-21-16(18-19-17(21)25-15)13-4-2-1-3-5-13/h1-11H/b11-8+. The van der Waals surface area contributed by atoms with Gasteiger partial charge in [-0.15, -0.1) is 10.2 Å². The highest BCUT2D eigenvalue weighted by molar-refractivity contribution is 7.17. The molecule has 0 saturated heterocycles. The van der Waals surface area contributed by atoms with Gasteiger partial charge < -0.3 is 0 Å². The quantitative estimate of drug-likeness (QED) is 0.411. The Kier molecular flexibility index (Phi) is 3.79. The summed E-state index contributed by atoms with van der Waals surface area (Å²) in [5.74, 6) is 0.696. The lowest BCUT2D eigenvalue weighted by molar-refractivity contribution is -0.384. The molecule has 122 valence electrons. The average molecular weight is 349 g/mol. The Bertz CT molecular complexity index is 1070. The summed E-state index contributed by atoms with van der Waals surface area (Å²) in [6, 6.07) is 16.1. The van der Waals surface area contributed by atoms with Crippen molar-refractivity contribution in [2.45, 2.75) is 0 Å². The van der Waals surface area contributed by atoms with E-state index in [1.54, 1.807) is 16.6 Å². The highest BCUT2D eigenvalue weighted by atomic mass is 32.1. The number of nitro groups is 1. The number of nitro benzene ring substituents is 1. The minimum Gasteiger partial charge on any atom is -0.258 e. The molecule has 0 radical (unpaired) electrons. The topological polar surface area (TPSA) is 86.2 Å². The van der Waals surface area contributed by atoms with E-state index in [-0.39, 0.29) is 5.69 Å². The van der Waals surface area contributed by atoms with Crippen molar-refractivity contribution in [1.82, 2.24) is 19.8 Å². The van der Waals surface area contributed by atoms with Crippen molar-refractivity contribution in [1.29, 1.82) is 0 Å². The molecule has 2 heterocycles. The average Bonchev–Trinajstić information content (AvgIpc) is 3.21. The molecule has 8 heteroatoms. The largest absolute Gasteiger partial charge is 0.269 e. The molecule has 2 aromatic carbocycles. The van der Waals surface area contributed by atoms with Crippen LogP contribution in [0.4, 0.5) is 5.69 Å². The maximum atomic E-state index is 10.7. The van der Waals surface area contributed by atoms with E-state index in [0.717, 1.165) is 16.1 Å². The van der Waals surface area contributed by atoms with Gasteiger partial charge in [-0.05, 0) is 23.8 Å². The zero-order chi connectivity index (χ0) is 17.2. The lowest BCUT2D eigenvalue weighted by Crippen LogP contribution is -1.90. The van der Waals surface area contributed by atoms with Crippen LogP contribution >= 0.6 is 11.3 Å². The summed E-state index contributed by atoms with van der Waals surface area (Å²) in [6.45, 7) is 0. The van der Waals surface area contributed by atoms with Gasteiger partial charge in [-0.2, -0.15) is 9.61 Å². The number of hydrogen-bond acceptors (Lipinski definition) is 6. The molecule has 0 bridgehead atoms. The van der Waals surface area contributed by atoms with Crippen LogP contribution in [-0.4, -0.2) is 24.7 Å². The minimum absolute atomic E-state index is 0.0726. The minimum atomic E-state index is -0.415. The van der Waals surface area contributed by atoms with Gasteiger partial charge in [0.1, 0.15) is 5.01 Å². The van der Waals surface area contributed by atoms with Crippen molar-refractivity contribution in [3.63, 3.8) is 0 Å². The summed E-state index contributed by atoms with van der Waals surface area (Å²) in [7, 11) is 0. The highest BCUT2D eigenvalue weighted by Crippen LogP contribution is 2.22. The number of benzene rings is 2. The van der Waals surface area contributed by atoms with Gasteiger partial charge in [-0.25, -0.2) is 0 Å². The van der Waals surface area contributed by atoms with Gasteiger partial charge in [0.05, 0.1) is 4.92 Å². The van der Waals surface area contributed by atoms with Crippen LogP contribution in [0.3, 0.4) is 0 Å². The molecule has 0 aliphatic heterocycles. The molecule has 0 saturated carbocycles. The van der Waals surface area contributed by atoms with Crippen molar-refractivity contribution in [3.05, 3.63) is 75.3 Å². The zero-order valence-corrected chi connectivity index (χ0v) is 13.6. The second-order valence-electron chi connectivity index (χ2n) is 5.21. The maximum Gasteiger partial charge on any atom is 0.269 e. The van der Waals surface area contributed by atoms with Crippen molar-refractivity contribution >= 4 is 34.1 Å². The van der Waals surface area contributed by atoms with Crippen molar-refractivity contribution in [2.24, 2.45) is 0 Å². The Morgan fingerprint density at radius 3 is 2.48 bits per heavy atom. The summed E-state index contributed by atoms with van der Waals surface area (Å²) in [5.41, 5.74) is 1.88. The molecule has 0 amide bonds. The van der Waals surface area contributed by atoms with Crippen LogP contribution in [0.5, 0.6) is 0 Å². The smallest absolute Gasteiger partial charge is 0.258 e. The molecule has 0 atom stereocenters. The summed E-state index contributed by atoms with van der Waals surface area (Å²) in [6.07, 6.45) is 3.72. The number of fused-ring (bicyclic) bond motifs is 1. The van der Waals surface area contributed by atoms with E-state index >= 15 is 0 Å². The van der Waals surface area contributed by atoms with Gasteiger partial charge >= 0.3 is 0 Å². The molecule has 4 aromatic rings. The van der Waals surface area contributed by atoms with Gasteiger partial charge in [0.15, 0.2) is 5.82 Å². The van der Waals surface area contributed by atoms with Crippen LogP contribution in [0.2, 0.25) is 0 Å². The molecule has 0 aliphatic carbocycles. The summed E-state index contributed by atoms with van der Waals surface area (Å²) in [4.78, 5) is 11.0. The first-order valence-corrected chi connectivity index (χ1v) is 8.22. The van der Waals surface area contributed by atoms with Crippen molar-refractivity contribution in [2.75, 3.05) is 0 Å². The third-order valence-electron chi connectivity index (χ3n) is 3.56. The Hall–Kier alpha value is -3.39. The predicted molar refractivity (Wildman–Crippen MR) is 96.1 cm³/mol. The Morgan fingerprint density at radius 2 is 1.76 bits per heavy atom. The van der Waals surface area contributed by atoms with Crippen LogP contribution in [0.25, 0.3) is 28.5 Å². The number of non-ortho nitro benzene ring substituents is 1. The first kappa shape index (κ1) is 15.2. The van der Waals surface area contributed by atoms with E-state index in [4.69, 9.17) is 0 Å². The molecule has 25 heavy (non-hydrogen) atoms. The van der Waals surface area contributed by atoms with Gasteiger partial charge in [-0.3, -0.25) is 10.1 Å². The molecular weight excluding hydrogens is 338 g/mol. The number of rotatable bonds is 4. The fourth-order valence-corrected chi connectivity index (χ4v) is 3.08. The van der Waals surface area contributed by atoms with E-state index in [9.17, 15) is 10.1 Å². The number of aromatic nitrogens is 4. The van der Waals surface area contributed by atoms with Crippen LogP contribution in [0.15, 0.2) is 54.6 Å². The zero-order valence-electron chi connectivity index (χ0n) is 12.8. The second kappa shape index (κ2) is 6.25. The monoisotopic (exact) mass is 349 g/mol. The van der Waals surface area contributed by atoms with E-state index in [1.807, 2.05) is 42.5 Å². The number of nitrogens with zero attached hydrogens (tertiary/aromatic N) is 5. The first-order chi connectivity index (χ1) is 12.2. The summed E-state index contributed by atoms with van der Waals surface area (Å²) >= 11 is 1.42. The van der Waals surface area contributed by atoms with Crippen LogP contribution in [0, 0.1) is 10.1 Å². The van der Waals surface area contributed by atoms with Gasteiger partial charge in [0.2, 0.25) is 4.96 Å². The third-order valence-corrected chi connectivity index (χ3v) is 4.42. The molecule has 2 aromatic heterocycles. The molecule has 0 N–H and O–H groups in total. The number of hydrogen-bond donors (Lipinski definition) is 0. The van der Waals surface area contributed by atoms with Crippen molar-refractivity contribution in [3.8, 4) is 11.4 Å². The lowest BCUT2D eigenvalue weighted by Gasteiger charge is -1.95. The van der Waals surface area contributed by atoms with Gasteiger partial charge in [-0.1, -0.05) is 47.7 Å².